The predicted octanol–water partition coefficient (Wildman–Crippen LogP) is 5.15. The minimum Gasteiger partial charge on any atom is -0.492 e. The summed E-state index contributed by atoms with van der Waals surface area (Å²) in [5, 5.41) is 0. The summed E-state index contributed by atoms with van der Waals surface area (Å²) in [5.74, 6) is 0.883. The number of benzene rings is 1. The Kier molecular flexibility index (Phi) is 5.49. The van der Waals surface area contributed by atoms with Gasteiger partial charge in [0, 0.05) is 8.95 Å². The zero-order chi connectivity index (χ0) is 10.6. The third kappa shape index (κ3) is 3.24. The first-order chi connectivity index (χ1) is 6.66. The van der Waals surface area contributed by atoms with Crippen LogP contribution in [0.15, 0.2) is 25.6 Å². The first-order valence-electron chi connectivity index (χ1n) is 4.43. The zero-order valence-corrected chi connectivity index (χ0v) is 12.6. The van der Waals surface area contributed by atoms with Gasteiger partial charge in [-0.3, -0.25) is 0 Å². The van der Waals surface area contributed by atoms with Crippen LogP contribution in [0, 0.1) is 0 Å². The van der Waals surface area contributed by atoms with Gasteiger partial charge in [-0.05, 0) is 66.3 Å². The summed E-state index contributed by atoms with van der Waals surface area (Å²) in [6, 6.07) is 3.92. The van der Waals surface area contributed by atoms with E-state index in [0.29, 0.717) is 0 Å². The third-order valence-electron chi connectivity index (χ3n) is 1.76. The van der Waals surface area contributed by atoms with Crippen molar-refractivity contribution in [2.75, 3.05) is 6.61 Å². The molecule has 0 aliphatic carbocycles. The van der Waals surface area contributed by atoms with Crippen molar-refractivity contribution in [3.8, 4) is 5.75 Å². The van der Waals surface area contributed by atoms with E-state index in [0.717, 1.165) is 38.6 Å². The molecule has 0 saturated heterocycles. The predicted molar refractivity (Wildman–Crippen MR) is 69.9 cm³/mol. The van der Waals surface area contributed by atoms with Gasteiger partial charge in [-0.15, -0.1) is 0 Å². The quantitative estimate of drug-likeness (QED) is 0.513. The Bertz CT molecular complexity index is 312. The molecule has 0 radical (unpaired) electrons. The maximum atomic E-state index is 5.62. The van der Waals surface area contributed by atoms with Crippen molar-refractivity contribution in [3.05, 3.63) is 25.6 Å². The summed E-state index contributed by atoms with van der Waals surface area (Å²) < 4.78 is 8.59. The van der Waals surface area contributed by atoms with E-state index in [1.54, 1.807) is 0 Å². The van der Waals surface area contributed by atoms with Gasteiger partial charge in [-0.25, -0.2) is 0 Å². The van der Waals surface area contributed by atoms with Crippen LogP contribution in [-0.4, -0.2) is 6.61 Å². The molecule has 0 heterocycles. The van der Waals surface area contributed by atoms with Crippen molar-refractivity contribution in [1.29, 1.82) is 0 Å². The van der Waals surface area contributed by atoms with E-state index in [1.165, 1.54) is 0 Å². The summed E-state index contributed by atoms with van der Waals surface area (Å²) in [7, 11) is 0. The number of rotatable bonds is 4. The normalized spacial score (nSPS) is 10.3. The van der Waals surface area contributed by atoms with Crippen molar-refractivity contribution in [1.82, 2.24) is 0 Å². The minimum absolute atomic E-state index is 0.767. The molecular weight excluding hydrogens is 376 g/mol. The molecule has 1 nitrogen and oxygen atoms in total. The van der Waals surface area contributed by atoms with Crippen LogP contribution in [0.1, 0.15) is 19.8 Å². The third-order valence-corrected chi connectivity index (χ3v) is 5.09. The van der Waals surface area contributed by atoms with Gasteiger partial charge in [0.05, 0.1) is 11.1 Å². The fraction of sp³-hybridized carbons (Fsp3) is 0.400. The molecular formula is C10H11Br3O. The summed E-state index contributed by atoms with van der Waals surface area (Å²) in [6.07, 6.45) is 2.23. The van der Waals surface area contributed by atoms with Gasteiger partial charge in [0.2, 0.25) is 0 Å². The molecule has 1 rings (SSSR count). The van der Waals surface area contributed by atoms with Gasteiger partial charge in [0.25, 0.3) is 0 Å². The molecule has 0 aliphatic heterocycles. The average Bonchev–Trinajstić information content (AvgIpc) is 2.18. The second-order valence-corrected chi connectivity index (χ2v) is 5.32. The lowest BCUT2D eigenvalue weighted by Crippen LogP contribution is -1.97. The van der Waals surface area contributed by atoms with Gasteiger partial charge in [0.1, 0.15) is 5.75 Å². The van der Waals surface area contributed by atoms with Crippen LogP contribution < -0.4 is 4.74 Å². The highest BCUT2D eigenvalue weighted by molar-refractivity contribution is 9.14. The largest absolute Gasteiger partial charge is 0.492 e. The lowest BCUT2D eigenvalue weighted by Gasteiger charge is -2.09. The van der Waals surface area contributed by atoms with E-state index < -0.39 is 0 Å². The highest BCUT2D eigenvalue weighted by atomic mass is 79.9. The highest BCUT2D eigenvalue weighted by Crippen LogP contribution is 2.37. The smallest absolute Gasteiger partial charge is 0.134 e. The molecule has 0 aromatic heterocycles. The van der Waals surface area contributed by atoms with Gasteiger partial charge in [-0.2, -0.15) is 0 Å². The maximum Gasteiger partial charge on any atom is 0.134 e. The van der Waals surface area contributed by atoms with Crippen molar-refractivity contribution >= 4 is 47.8 Å². The lowest BCUT2D eigenvalue weighted by molar-refractivity contribution is 0.307. The first kappa shape index (κ1) is 12.5. The maximum absolute atomic E-state index is 5.62. The number of unbranched alkanes of at least 4 members (excludes halogenated alkanes) is 1. The van der Waals surface area contributed by atoms with E-state index in [9.17, 15) is 0 Å². The van der Waals surface area contributed by atoms with Crippen molar-refractivity contribution < 1.29 is 4.74 Å². The first-order valence-corrected chi connectivity index (χ1v) is 6.81. The summed E-state index contributed by atoms with van der Waals surface area (Å²) in [6.45, 7) is 2.92. The molecule has 1 aromatic rings. The van der Waals surface area contributed by atoms with Crippen LogP contribution in [0.4, 0.5) is 0 Å². The monoisotopic (exact) mass is 384 g/mol. The number of ether oxygens (including phenoxy) is 1. The van der Waals surface area contributed by atoms with Crippen LogP contribution in [-0.2, 0) is 0 Å². The van der Waals surface area contributed by atoms with E-state index >= 15 is 0 Å². The Labute approximate surface area is 110 Å². The average molecular weight is 387 g/mol. The molecule has 0 saturated carbocycles. The number of hydrogen-bond acceptors (Lipinski definition) is 1. The number of hydrogen-bond donors (Lipinski definition) is 0. The Balaban J connectivity index is 2.73. The van der Waals surface area contributed by atoms with E-state index in [2.05, 4.69) is 54.7 Å². The molecule has 0 unspecified atom stereocenters. The summed E-state index contributed by atoms with van der Waals surface area (Å²) in [4.78, 5) is 0. The van der Waals surface area contributed by atoms with E-state index in [-0.39, 0.29) is 0 Å². The minimum atomic E-state index is 0.767. The van der Waals surface area contributed by atoms with Crippen LogP contribution in [0.3, 0.4) is 0 Å². The highest BCUT2D eigenvalue weighted by Gasteiger charge is 2.07. The fourth-order valence-corrected chi connectivity index (χ4v) is 2.33. The Morgan fingerprint density at radius 2 is 1.86 bits per heavy atom. The van der Waals surface area contributed by atoms with Gasteiger partial charge < -0.3 is 4.74 Å². The Hall–Kier alpha value is 0.460. The summed E-state index contributed by atoms with van der Waals surface area (Å²) >= 11 is 10.4. The number of halogens is 3. The second-order valence-electron chi connectivity index (χ2n) is 2.88. The van der Waals surface area contributed by atoms with E-state index in [4.69, 9.17) is 4.74 Å². The second kappa shape index (κ2) is 6.13. The SMILES string of the molecule is CCCCOc1ccc(Br)c(Br)c1Br. The van der Waals surface area contributed by atoms with Crippen LogP contribution in [0.5, 0.6) is 5.75 Å². The van der Waals surface area contributed by atoms with Crippen LogP contribution >= 0.6 is 47.8 Å². The molecule has 4 heteroatoms. The molecule has 0 bridgehead atoms. The van der Waals surface area contributed by atoms with Crippen LogP contribution in [0.2, 0.25) is 0 Å². The van der Waals surface area contributed by atoms with Crippen molar-refractivity contribution in [3.63, 3.8) is 0 Å². The molecule has 0 amide bonds. The molecule has 0 spiro atoms. The molecule has 78 valence electrons. The molecule has 0 fully saturated rings. The summed E-state index contributed by atoms with van der Waals surface area (Å²) in [5.41, 5.74) is 0. The van der Waals surface area contributed by atoms with Gasteiger partial charge in [-0.1, -0.05) is 13.3 Å². The molecule has 0 atom stereocenters. The van der Waals surface area contributed by atoms with Crippen molar-refractivity contribution in [2.24, 2.45) is 0 Å². The van der Waals surface area contributed by atoms with Gasteiger partial charge >= 0.3 is 0 Å². The lowest BCUT2D eigenvalue weighted by atomic mass is 10.3. The topological polar surface area (TPSA) is 9.23 Å². The molecule has 1 aromatic carbocycles. The Morgan fingerprint density at radius 3 is 2.50 bits per heavy atom. The standard InChI is InChI=1S/C10H11Br3O/c1-2-3-6-14-8-5-4-7(11)9(12)10(8)13/h4-5H,2-3,6H2,1H3. The van der Waals surface area contributed by atoms with Crippen LogP contribution in [0.25, 0.3) is 0 Å². The van der Waals surface area contributed by atoms with Gasteiger partial charge in [0.15, 0.2) is 0 Å². The molecule has 0 N–H and O–H groups in total. The molecule has 14 heavy (non-hydrogen) atoms. The Morgan fingerprint density at radius 1 is 1.14 bits per heavy atom. The fourth-order valence-electron chi connectivity index (χ4n) is 0.946. The zero-order valence-electron chi connectivity index (χ0n) is 7.82. The van der Waals surface area contributed by atoms with Crippen molar-refractivity contribution in [2.45, 2.75) is 19.8 Å². The van der Waals surface area contributed by atoms with E-state index in [1.807, 2.05) is 12.1 Å². The molecule has 0 aliphatic rings.